The van der Waals surface area contributed by atoms with Gasteiger partial charge in [0.05, 0.1) is 24.7 Å². The first kappa shape index (κ1) is 24.4. The van der Waals surface area contributed by atoms with Crippen LogP contribution in [0.15, 0.2) is 72.8 Å². The fourth-order valence-electron chi connectivity index (χ4n) is 3.20. The number of nitrogens with zero attached hydrogens (tertiary/aromatic N) is 1. The Hall–Kier alpha value is -3.23. The Morgan fingerprint density at radius 3 is 2.39 bits per heavy atom. The Morgan fingerprint density at radius 2 is 1.70 bits per heavy atom. The highest BCUT2D eigenvalue weighted by atomic mass is 35.5. The number of rotatable bonds is 10. The van der Waals surface area contributed by atoms with Crippen molar-refractivity contribution in [2.24, 2.45) is 0 Å². The van der Waals surface area contributed by atoms with E-state index in [1.54, 1.807) is 54.6 Å². The van der Waals surface area contributed by atoms with Gasteiger partial charge in [-0.2, -0.15) is 0 Å². The van der Waals surface area contributed by atoms with E-state index in [9.17, 15) is 13.2 Å². The molecule has 0 saturated heterocycles. The van der Waals surface area contributed by atoms with Crippen LogP contribution in [0.4, 0.5) is 11.4 Å². The van der Waals surface area contributed by atoms with Crippen LogP contribution in [-0.2, 0) is 14.8 Å². The third kappa shape index (κ3) is 6.87. The molecule has 0 heterocycles. The SMILES string of the molecule is COc1ccccc1N(CCCC(=O)Nc1cc(Cl)ccc1Oc1ccccc1)S(C)(=O)=O. The molecule has 174 valence electrons. The maximum Gasteiger partial charge on any atom is 0.232 e. The molecule has 33 heavy (non-hydrogen) atoms. The summed E-state index contributed by atoms with van der Waals surface area (Å²) < 4.78 is 37.1. The van der Waals surface area contributed by atoms with Crippen molar-refractivity contribution in [2.45, 2.75) is 12.8 Å². The van der Waals surface area contributed by atoms with E-state index in [-0.39, 0.29) is 18.9 Å². The van der Waals surface area contributed by atoms with Crippen molar-refractivity contribution in [2.75, 3.05) is 29.5 Å². The van der Waals surface area contributed by atoms with Gasteiger partial charge in [-0.1, -0.05) is 41.9 Å². The maximum absolute atomic E-state index is 12.6. The van der Waals surface area contributed by atoms with Crippen molar-refractivity contribution in [3.8, 4) is 17.2 Å². The standard InChI is InChI=1S/C24H25ClN2O5S/c1-31-23-12-7-6-11-21(23)27(33(2,29)30)16-8-13-24(28)26-20-17-18(25)14-15-22(20)32-19-9-4-3-5-10-19/h3-7,9-12,14-15,17H,8,13,16H2,1-2H3,(H,26,28). The molecule has 9 heteroatoms. The van der Waals surface area contributed by atoms with E-state index in [0.717, 1.165) is 6.26 Å². The molecule has 0 fully saturated rings. The second-order valence-electron chi connectivity index (χ2n) is 7.21. The zero-order chi connectivity index (χ0) is 23.8. The molecular weight excluding hydrogens is 464 g/mol. The molecule has 0 atom stereocenters. The van der Waals surface area contributed by atoms with Gasteiger partial charge < -0.3 is 14.8 Å². The maximum atomic E-state index is 12.6. The number of methoxy groups -OCH3 is 1. The normalized spacial score (nSPS) is 11.0. The van der Waals surface area contributed by atoms with E-state index in [1.807, 2.05) is 18.2 Å². The van der Waals surface area contributed by atoms with Crippen LogP contribution in [0.25, 0.3) is 0 Å². The largest absolute Gasteiger partial charge is 0.495 e. The van der Waals surface area contributed by atoms with Crippen LogP contribution in [0.3, 0.4) is 0 Å². The first-order valence-electron chi connectivity index (χ1n) is 10.2. The third-order valence-electron chi connectivity index (χ3n) is 4.71. The fourth-order valence-corrected chi connectivity index (χ4v) is 4.34. The van der Waals surface area contributed by atoms with Crippen molar-refractivity contribution in [1.82, 2.24) is 0 Å². The number of benzene rings is 3. The number of carbonyl (C=O) groups excluding carboxylic acids is 1. The molecule has 0 saturated carbocycles. The molecule has 0 spiro atoms. The molecule has 3 rings (SSSR count). The Morgan fingerprint density at radius 1 is 1.00 bits per heavy atom. The molecule has 3 aromatic carbocycles. The van der Waals surface area contributed by atoms with Crippen LogP contribution in [0.5, 0.6) is 17.2 Å². The average Bonchev–Trinajstić information content (AvgIpc) is 2.78. The van der Waals surface area contributed by atoms with Gasteiger partial charge in [-0.3, -0.25) is 9.10 Å². The van der Waals surface area contributed by atoms with Gasteiger partial charge in [0.1, 0.15) is 11.5 Å². The highest BCUT2D eigenvalue weighted by molar-refractivity contribution is 7.92. The monoisotopic (exact) mass is 488 g/mol. The van der Waals surface area contributed by atoms with Crippen LogP contribution in [0, 0.1) is 0 Å². The van der Waals surface area contributed by atoms with Gasteiger partial charge in [0.25, 0.3) is 0 Å². The van der Waals surface area contributed by atoms with Crippen molar-refractivity contribution in [3.05, 3.63) is 77.8 Å². The van der Waals surface area contributed by atoms with Gasteiger partial charge in [0.2, 0.25) is 15.9 Å². The van der Waals surface area contributed by atoms with Gasteiger partial charge >= 0.3 is 0 Å². The zero-order valence-electron chi connectivity index (χ0n) is 18.3. The van der Waals surface area contributed by atoms with Crippen LogP contribution < -0.4 is 19.1 Å². The van der Waals surface area contributed by atoms with E-state index in [0.29, 0.717) is 40.1 Å². The summed E-state index contributed by atoms with van der Waals surface area (Å²) in [4.78, 5) is 12.6. The molecule has 0 aliphatic heterocycles. The summed E-state index contributed by atoms with van der Waals surface area (Å²) in [5, 5.41) is 3.25. The Labute approximate surface area is 198 Å². The minimum atomic E-state index is -3.57. The molecule has 7 nitrogen and oxygen atoms in total. The molecule has 0 bridgehead atoms. The predicted molar refractivity (Wildman–Crippen MR) is 131 cm³/mol. The lowest BCUT2D eigenvalue weighted by Gasteiger charge is -2.24. The van der Waals surface area contributed by atoms with E-state index in [4.69, 9.17) is 21.1 Å². The van der Waals surface area contributed by atoms with Crippen molar-refractivity contribution >= 4 is 38.9 Å². The van der Waals surface area contributed by atoms with E-state index >= 15 is 0 Å². The minimum absolute atomic E-state index is 0.0957. The highest BCUT2D eigenvalue weighted by Gasteiger charge is 2.21. The summed E-state index contributed by atoms with van der Waals surface area (Å²) in [5.41, 5.74) is 0.859. The summed E-state index contributed by atoms with van der Waals surface area (Å²) in [6, 6.07) is 21.0. The summed E-state index contributed by atoms with van der Waals surface area (Å²) >= 11 is 6.10. The molecule has 0 radical (unpaired) electrons. The van der Waals surface area contributed by atoms with Crippen molar-refractivity contribution in [3.63, 3.8) is 0 Å². The molecule has 0 aliphatic rings. The van der Waals surface area contributed by atoms with Gasteiger partial charge in [-0.15, -0.1) is 0 Å². The Bertz CT molecular complexity index is 1200. The minimum Gasteiger partial charge on any atom is -0.495 e. The van der Waals surface area contributed by atoms with Gasteiger partial charge in [-0.25, -0.2) is 8.42 Å². The van der Waals surface area contributed by atoms with Gasteiger partial charge in [0.15, 0.2) is 5.75 Å². The summed E-state index contributed by atoms with van der Waals surface area (Å²) in [7, 11) is -2.09. The number of para-hydroxylation sites is 3. The number of anilines is 2. The number of ether oxygens (including phenoxy) is 2. The van der Waals surface area contributed by atoms with Gasteiger partial charge in [-0.05, 0) is 48.9 Å². The molecular formula is C24H25ClN2O5S. The van der Waals surface area contributed by atoms with E-state index in [1.165, 1.54) is 11.4 Å². The lowest BCUT2D eigenvalue weighted by Crippen LogP contribution is -2.31. The molecule has 1 amide bonds. The van der Waals surface area contributed by atoms with Crippen LogP contribution in [0.2, 0.25) is 5.02 Å². The lowest BCUT2D eigenvalue weighted by molar-refractivity contribution is -0.116. The summed E-state index contributed by atoms with van der Waals surface area (Å²) in [6.07, 6.45) is 1.52. The highest BCUT2D eigenvalue weighted by Crippen LogP contribution is 2.32. The van der Waals surface area contributed by atoms with Crippen LogP contribution >= 0.6 is 11.6 Å². The molecule has 0 unspecified atom stereocenters. The first-order valence-corrected chi connectivity index (χ1v) is 12.4. The Kier molecular flexibility index (Phi) is 8.19. The molecule has 0 aromatic heterocycles. The summed E-state index contributed by atoms with van der Waals surface area (Å²) in [5.74, 6) is 1.22. The number of hydrogen-bond donors (Lipinski definition) is 1. The number of carbonyl (C=O) groups is 1. The number of amides is 1. The second kappa shape index (κ2) is 11.1. The lowest BCUT2D eigenvalue weighted by atomic mass is 10.2. The average molecular weight is 489 g/mol. The molecule has 1 N–H and O–H groups in total. The zero-order valence-corrected chi connectivity index (χ0v) is 19.9. The first-order chi connectivity index (χ1) is 15.8. The number of hydrogen-bond acceptors (Lipinski definition) is 5. The molecule has 0 aliphatic carbocycles. The fraction of sp³-hybridized carbons (Fsp3) is 0.208. The van der Waals surface area contributed by atoms with Crippen molar-refractivity contribution < 1.29 is 22.7 Å². The second-order valence-corrected chi connectivity index (χ2v) is 9.56. The molecule has 3 aromatic rings. The topological polar surface area (TPSA) is 84.9 Å². The summed E-state index contributed by atoms with van der Waals surface area (Å²) in [6.45, 7) is 0.121. The van der Waals surface area contributed by atoms with Crippen molar-refractivity contribution in [1.29, 1.82) is 0 Å². The van der Waals surface area contributed by atoms with Gasteiger partial charge in [0, 0.05) is 18.0 Å². The quantitative estimate of drug-likeness (QED) is 0.417. The number of halogens is 1. The smallest absolute Gasteiger partial charge is 0.232 e. The van der Waals surface area contributed by atoms with E-state index < -0.39 is 10.0 Å². The number of sulfonamides is 1. The van der Waals surface area contributed by atoms with Crippen LogP contribution in [0.1, 0.15) is 12.8 Å². The number of nitrogens with one attached hydrogen (secondary N) is 1. The Balaban J connectivity index is 1.67. The van der Waals surface area contributed by atoms with Crippen LogP contribution in [-0.4, -0.2) is 34.2 Å². The third-order valence-corrected chi connectivity index (χ3v) is 6.12. The van der Waals surface area contributed by atoms with E-state index in [2.05, 4.69) is 5.32 Å². The predicted octanol–water partition coefficient (Wildman–Crippen LogP) is 5.33.